The summed E-state index contributed by atoms with van der Waals surface area (Å²) in [7, 11) is 0. The summed E-state index contributed by atoms with van der Waals surface area (Å²) in [5, 5.41) is 0. The third-order valence-electron chi connectivity index (χ3n) is 5.11. The third kappa shape index (κ3) is 2.61. The molecular weight excluding hydrogens is 278 g/mol. The summed E-state index contributed by atoms with van der Waals surface area (Å²) in [6, 6.07) is 17.7. The molecule has 1 fully saturated rings. The average molecular weight is 301 g/mol. The lowest BCUT2D eigenvalue weighted by Gasteiger charge is -2.30. The molecule has 0 amide bonds. The molecule has 0 aromatic heterocycles. The Hall–Kier alpha value is -2.28. The van der Waals surface area contributed by atoms with Crippen LogP contribution in [-0.2, 0) is 0 Å². The van der Waals surface area contributed by atoms with Gasteiger partial charge in [-0.3, -0.25) is 0 Å². The van der Waals surface area contributed by atoms with Crippen molar-refractivity contribution in [3.63, 3.8) is 0 Å². The zero-order valence-corrected chi connectivity index (χ0v) is 14.1. The molecule has 2 aliphatic carbocycles. The Bertz CT molecular complexity index is 732. The van der Waals surface area contributed by atoms with E-state index in [4.69, 9.17) is 0 Å². The van der Waals surface area contributed by atoms with E-state index in [1.165, 1.54) is 40.2 Å². The molecule has 0 saturated heterocycles. The van der Waals surface area contributed by atoms with Crippen molar-refractivity contribution in [2.45, 2.75) is 27.2 Å². The number of fused-ring (bicyclic) bond motifs is 1. The van der Waals surface area contributed by atoms with Crippen LogP contribution in [0.3, 0.4) is 0 Å². The Balaban J connectivity index is 1.81. The highest BCUT2D eigenvalue weighted by Crippen LogP contribution is 2.53. The molecule has 2 unspecified atom stereocenters. The molecule has 1 heteroatoms. The standard InChI is InChI=1S/C22H23N/c1-15-4-9-18(10-5-15)23(19-11-6-16(2)7-12-19)22-13-8-17(3)20-14-21(20)22/h4-13,20-21H,14H2,1-3H3. The van der Waals surface area contributed by atoms with Gasteiger partial charge in [0.15, 0.2) is 0 Å². The van der Waals surface area contributed by atoms with E-state index in [0.29, 0.717) is 5.92 Å². The van der Waals surface area contributed by atoms with Gasteiger partial charge in [0.1, 0.15) is 0 Å². The molecule has 2 atom stereocenters. The molecule has 2 aromatic carbocycles. The molecule has 0 aliphatic heterocycles. The zero-order valence-electron chi connectivity index (χ0n) is 14.1. The summed E-state index contributed by atoms with van der Waals surface area (Å²) in [6.07, 6.45) is 5.92. The Morgan fingerprint density at radius 1 is 0.696 bits per heavy atom. The van der Waals surface area contributed by atoms with Gasteiger partial charge < -0.3 is 4.90 Å². The van der Waals surface area contributed by atoms with E-state index >= 15 is 0 Å². The number of rotatable bonds is 3. The van der Waals surface area contributed by atoms with E-state index in [-0.39, 0.29) is 0 Å². The lowest BCUT2D eigenvalue weighted by molar-refractivity contribution is 0.833. The Labute approximate surface area is 139 Å². The second kappa shape index (κ2) is 5.42. The summed E-state index contributed by atoms with van der Waals surface area (Å²) < 4.78 is 0. The van der Waals surface area contributed by atoms with Gasteiger partial charge in [-0.15, -0.1) is 0 Å². The van der Waals surface area contributed by atoms with Crippen molar-refractivity contribution in [1.82, 2.24) is 0 Å². The number of benzene rings is 2. The predicted octanol–water partition coefficient (Wildman–Crippen LogP) is 5.92. The summed E-state index contributed by atoms with van der Waals surface area (Å²) in [4.78, 5) is 2.44. The minimum absolute atomic E-state index is 0.683. The van der Waals surface area contributed by atoms with E-state index in [9.17, 15) is 0 Å². The molecule has 0 radical (unpaired) electrons. The van der Waals surface area contributed by atoms with E-state index in [0.717, 1.165) is 5.92 Å². The van der Waals surface area contributed by atoms with Gasteiger partial charge in [-0.2, -0.15) is 0 Å². The lowest BCUT2D eigenvalue weighted by atomic mass is 10.0. The maximum atomic E-state index is 2.44. The minimum atomic E-state index is 0.683. The maximum Gasteiger partial charge on any atom is 0.0458 e. The zero-order chi connectivity index (χ0) is 16.0. The summed E-state index contributed by atoms with van der Waals surface area (Å²) in [5.74, 6) is 1.44. The SMILES string of the molecule is CC1=CC=C(N(c2ccc(C)cc2)c2ccc(C)cc2)C2CC12. The van der Waals surface area contributed by atoms with Crippen LogP contribution >= 0.6 is 0 Å². The number of hydrogen-bond donors (Lipinski definition) is 0. The van der Waals surface area contributed by atoms with E-state index in [1.54, 1.807) is 0 Å². The van der Waals surface area contributed by atoms with Crippen LogP contribution in [0.4, 0.5) is 11.4 Å². The van der Waals surface area contributed by atoms with Gasteiger partial charge in [0, 0.05) is 23.0 Å². The molecule has 0 bridgehead atoms. The van der Waals surface area contributed by atoms with Crippen molar-refractivity contribution in [2.24, 2.45) is 11.8 Å². The van der Waals surface area contributed by atoms with Crippen LogP contribution in [-0.4, -0.2) is 0 Å². The van der Waals surface area contributed by atoms with Crippen LogP contribution in [0.5, 0.6) is 0 Å². The molecule has 2 aliphatic rings. The topological polar surface area (TPSA) is 3.24 Å². The maximum absolute atomic E-state index is 2.44. The van der Waals surface area contributed by atoms with Gasteiger partial charge in [0.05, 0.1) is 0 Å². The average Bonchev–Trinajstić information content (AvgIpc) is 3.35. The normalized spacial score (nSPS) is 22.0. The highest BCUT2D eigenvalue weighted by atomic mass is 15.2. The first-order valence-electron chi connectivity index (χ1n) is 8.45. The summed E-state index contributed by atoms with van der Waals surface area (Å²) in [6.45, 7) is 6.55. The lowest BCUT2D eigenvalue weighted by Crippen LogP contribution is -2.19. The van der Waals surface area contributed by atoms with Crippen LogP contribution in [0.25, 0.3) is 0 Å². The second-order valence-corrected chi connectivity index (χ2v) is 6.96. The Morgan fingerprint density at radius 2 is 1.22 bits per heavy atom. The molecule has 4 rings (SSSR count). The fraction of sp³-hybridized carbons (Fsp3) is 0.273. The fourth-order valence-corrected chi connectivity index (χ4v) is 3.56. The predicted molar refractivity (Wildman–Crippen MR) is 97.9 cm³/mol. The smallest absolute Gasteiger partial charge is 0.0458 e. The van der Waals surface area contributed by atoms with Crippen LogP contribution in [0.1, 0.15) is 24.5 Å². The minimum Gasteiger partial charge on any atom is -0.314 e. The molecular formula is C22H23N. The van der Waals surface area contributed by atoms with Gasteiger partial charge in [0.2, 0.25) is 0 Å². The van der Waals surface area contributed by atoms with Gasteiger partial charge in [-0.05, 0) is 63.5 Å². The number of aryl methyl sites for hydroxylation is 2. The monoisotopic (exact) mass is 301 g/mol. The first-order valence-corrected chi connectivity index (χ1v) is 8.45. The first kappa shape index (κ1) is 14.3. The molecule has 0 spiro atoms. The van der Waals surface area contributed by atoms with Crippen LogP contribution < -0.4 is 4.90 Å². The largest absolute Gasteiger partial charge is 0.314 e. The van der Waals surface area contributed by atoms with Crippen molar-refractivity contribution < 1.29 is 0 Å². The van der Waals surface area contributed by atoms with Gasteiger partial charge in [0.25, 0.3) is 0 Å². The van der Waals surface area contributed by atoms with Crippen molar-refractivity contribution in [1.29, 1.82) is 0 Å². The van der Waals surface area contributed by atoms with Crippen LogP contribution in [0.2, 0.25) is 0 Å². The number of nitrogens with zero attached hydrogens (tertiary/aromatic N) is 1. The molecule has 23 heavy (non-hydrogen) atoms. The van der Waals surface area contributed by atoms with Gasteiger partial charge in [-0.25, -0.2) is 0 Å². The van der Waals surface area contributed by atoms with E-state index in [1.807, 2.05) is 0 Å². The highest BCUT2D eigenvalue weighted by Gasteiger charge is 2.44. The summed E-state index contributed by atoms with van der Waals surface area (Å²) in [5.41, 5.74) is 8.08. The van der Waals surface area contributed by atoms with Gasteiger partial charge in [-0.1, -0.05) is 47.0 Å². The molecule has 0 heterocycles. The molecule has 0 N–H and O–H groups in total. The fourth-order valence-electron chi connectivity index (χ4n) is 3.56. The third-order valence-corrected chi connectivity index (χ3v) is 5.11. The van der Waals surface area contributed by atoms with Crippen molar-refractivity contribution in [2.75, 3.05) is 4.90 Å². The highest BCUT2D eigenvalue weighted by molar-refractivity contribution is 5.70. The molecule has 1 nitrogen and oxygen atoms in total. The Kier molecular flexibility index (Phi) is 3.37. The van der Waals surface area contributed by atoms with Crippen molar-refractivity contribution >= 4 is 11.4 Å². The number of anilines is 2. The van der Waals surface area contributed by atoms with E-state index in [2.05, 4.69) is 86.4 Å². The van der Waals surface area contributed by atoms with Crippen molar-refractivity contribution in [3.8, 4) is 0 Å². The quantitative estimate of drug-likeness (QED) is 0.680. The van der Waals surface area contributed by atoms with Crippen molar-refractivity contribution in [3.05, 3.63) is 83.1 Å². The second-order valence-electron chi connectivity index (χ2n) is 6.96. The van der Waals surface area contributed by atoms with Crippen LogP contribution in [0, 0.1) is 25.7 Å². The van der Waals surface area contributed by atoms with E-state index < -0.39 is 0 Å². The molecule has 2 aromatic rings. The number of allylic oxidation sites excluding steroid dienone is 4. The summed E-state index contributed by atoms with van der Waals surface area (Å²) >= 11 is 0. The molecule has 1 saturated carbocycles. The first-order chi connectivity index (χ1) is 11.1. The van der Waals surface area contributed by atoms with Gasteiger partial charge >= 0.3 is 0 Å². The van der Waals surface area contributed by atoms with Crippen LogP contribution in [0.15, 0.2) is 72.0 Å². The Morgan fingerprint density at radius 3 is 1.74 bits per heavy atom. The molecule has 116 valence electrons. The number of hydrogen-bond acceptors (Lipinski definition) is 1.